The first-order valence-electron chi connectivity index (χ1n) is 13.3. The van der Waals surface area contributed by atoms with Gasteiger partial charge in [-0.2, -0.15) is 0 Å². The van der Waals surface area contributed by atoms with Crippen LogP contribution in [0.25, 0.3) is 6.08 Å². The number of fused-ring (bicyclic) bond motifs is 1. The molecule has 2 aliphatic heterocycles. The lowest BCUT2D eigenvalue weighted by atomic mass is 9.95. The van der Waals surface area contributed by atoms with Crippen LogP contribution in [-0.4, -0.2) is 23.6 Å². The number of amides is 1. The second-order valence-corrected chi connectivity index (χ2v) is 11.2. The lowest BCUT2D eigenvalue weighted by Gasteiger charge is -2.29. The fraction of sp³-hybridized carbons (Fsp3) is 0.258. The molecule has 2 aromatic heterocycles. The maximum Gasteiger partial charge on any atom is 0.271 e. The van der Waals surface area contributed by atoms with Crippen molar-refractivity contribution in [3.05, 3.63) is 115 Å². The third kappa shape index (κ3) is 5.00. The molecule has 1 saturated heterocycles. The quantitative estimate of drug-likeness (QED) is 0.399. The minimum atomic E-state index is -0.601. The van der Waals surface area contributed by atoms with E-state index in [4.69, 9.17) is 9.41 Å². The average molecular weight is 539 g/mol. The van der Waals surface area contributed by atoms with Gasteiger partial charge in [0.25, 0.3) is 11.5 Å². The Kier molecular flexibility index (Phi) is 6.79. The minimum absolute atomic E-state index is 0.199. The number of aromatic nitrogens is 1. The second-order valence-electron chi connectivity index (χ2n) is 10.2. The van der Waals surface area contributed by atoms with E-state index in [-0.39, 0.29) is 11.5 Å². The molecule has 198 valence electrons. The Hall–Kier alpha value is -4.17. The summed E-state index contributed by atoms with van der Waals surface area (Å²) < 4.78 is 8.28. The Morgan fingerprint density at radius 1 is 1.03 bits per heavy atom. The van der Waals surface area contributed by atoms with Crippen molar-refractivity contribution in [3.63, 3.8) is 0 Å². The van der Waals surface area contributed by atoms with Gasteiger partial charge in [0, 0.05) is 30.9 Å². The monoisotopic (exact) mass is 538 g/mol. The summed E-state index contributed by atoms with van der Waals surface area (Å²) in [7, 11) is 0. The van der Waals surface area contributed by atoms with E-state index in [0.717, 1.165) is 43.3 Å². The number of thiazole rings is 1. The van der Waals surface area contributed by atoms with Gasteiger partial charge in [-0.15, -0.1) is 0 Å². The van der Waals surface area contributed by atoms with Gasteiger partial charge < -0.3 is 14.6 Å². The van der Waals surface area contributed by atoms with Gasteiger partial charge in [0.15, 0.2) is 10.7 Å². The lowest BCUT2D eigenvalue weighted by Crippen LogP contribution is -2.40. The first kappa shape index (κ1) is 25.1. The summed E-state index contributed by atoms with van der Waals surface area (Å²) in [6.45, 7) is 6.05. The molecule has 1 amide bonds. The van der Waals surface area contributed by atoms with Crippen molar-refractivity contribution in [2.45, 2.75) is 32.7 Å². The van der Waals surface area contributed by atoms with Crippen molar-refractivity contribution in [1.82, 2.24) is 4.57 Å². The summed E-state index contributed by atoms with van der Waals surface area (Å²) in [6, 6.07) is 22.2. The number of piperidine rings is 1. The van der Waals surface area contributed by atoms with E-state index in [0.29, 0.717) is 32.1 Å². The minimum Gasteiger partial charge on any atom is -0.441 e. The predicted octanol–water partition coefficient (Wildman–Crippen LogP) is 4.70. The predicted molar refractivity (Wildman–Crippen MR) is 155 cm³/mol. The number of hydrogen-bond acceptors (Lipinski definition) is 6. The number of para-hydroxylation sites is 1. The number of carbonyl (C=O) groups excluding carboxylic acids is 1. The molecule has 0 aliphatic carbocycles. The Morgan fingerprint density at radius 2 is 1.72 bits per heavy atom. The van der Waals surface area contributed by atoms with E-state index in [9.17, 15) is 9.59 Å². The summed E-state index contributed by atoms with van der Waals surface area (Å²) in [6.07, 6.45) is 4.08. The molecule has 6 rings (SSSR count). The number of allylic oxidation sites excluding steroid dienone is 1. The van der Waals surface area contributed by atoms with Crippen molar-refractivity contribution in [1.29, 1.82) is 0 Å². The molecule has 0 spiro atoms. The first-order valence-corrected chi connectivity index (χ1v) is 14.1. The number of benzene rings is 2. The van der Waals surface area contributed by atoms with Gasteiger partial charge in [-0.05, 0) is 49.4 Å². The van der Waals surface area contributed by atoms with Crippen molar-refractivity contribution in [2.75, 3.05) is 23.3 Å². The van der Waals surface area contributed by atoms with Crippen LogP contribution in [0.5, 0.6) is 0 Å². The highest BCUT2D eigenvalue weighted by Crippen LogP contribution is 2.31. The van der Waals surface area contributed by atoms with Gasteiger partial charge in [-0.1, -0.05) is 66.8 Å². The molecular formula is C31H30N4O3S. The molecular weight excluding hydrogens is 508 g/mol. The summed E-state index contributed by atoms with van der Waals surface area (Å²) in [4.78, 5) is 35.0. The zero-order valence-corrected chi connectivity index (χ0v) is 22.8. The van der Waals surface area contributed by atoms with Crippen LogP contribution in [0.4, 0.5) is 11.6 Å². The van der Waals surface area contributed by atoms with Crippen molar-refractivity contribution in [3.8, 4) is 0 Å². The van der Waals surface area contributed by atoms with Crippen LogP contribution in [0.15, 0.2) is 98.3 Å². The zero-order valence-electron chi connectivity index (χ0n) is 22.0. The smallest absolute Gasteiger partial charge is 0.271 e. The first-order chi connectivity index (χ1) is 19.0. The molecule has 0 saturated carbocycles. The third-order valence-corrected chi connectivity index (χ3v) is 8.38. The summed E-state index contributed by atoms with van der Waals surface area (Å²) in [5.74, 6) is 1.91. The van der Waals surface area contributed by atoms with Gasteiger partial charge in [0.1, 0.15) is 5.76 Å². The summed E-state index contributed by atoms with van der Waals surface area (Å²) in [5.41, 5.74) is 2.37. The van der Waals surface area contributed by atoms with Gasteiger partial charge in [-0.25, -0.2) is 4.99 Å². The molecule has 4 heterocycles. The molecule has 0 unspecified atom stereocenters. The average Bonchev–Trinajstić information content (AvgIpc) is 3.53. The van der Waals surface area contributed by atoms with Crippen molar-refractivity contribution < 1.29 is 9.21 Å². The summed E-state index contributed by atoms with van der Waals surface area (Å²) in [5, 5.41) is 2.98. The second kappa shape index (κ2) is 10.5. The van der Waals surface area contributed by atoms with E-state index < -0.39 is 6.04 Å². The Balaban J connectivity index is 1.40. The number of nitrogens with one attached hydrogen (secondary N) is 1. The maximum atomic E-state index is 13.9. The highest BCUT2D eigenvalue weighted by atomic mass is 32.1. The highest BCUT2D eigenvalue weighted by molar-refractivity contribution is 7.07. The van der Waals surface area contributed by atoms with E-state index in [1.54, 1.807) is 10.6 Å². The Bertz CT molecular complexity index is 1710. The number of hydrogen-bond donors (Lipinski definition) is 1. The number of anilines is 2. The molecule has 2 aliphatic rings. The zero-order chi connectivity index (χ0) is 26.9. The van der Waals surface area contributed by atoms with Crippen molar-refractivity contribution in [2.24, 2.45) is 10.9 Å². The number of nitrogens with zero attached hydrogens (tertiary/aromatic N) is 3. The van der Waals surface area contributed by atoms with Crippen molar-refractivity contribution >= 4 is 34.9 Å². The van der Waals surface area contributed by atoms with Crippen LogP contribution < -0.4 is 25.1 Å². The van der Waals surface area contributed by atoms with Crippen LogP contribution in [-0.2, 0) is 4.79 Å². The highest BCUT2D eigenvalue weighted by Gasteiger charge is 2.32. The van der Waals surface area contributed by atoms with E-state index in [1.807, 2.05) is 79.7 Å². The van der Waals surface area contributed by atoms with Gasteiger partial charge in [-0.3, -0.25) is 14.2 Å². The van der Waals surface area contributed by atoms with Gasteiger partial charge in [0.05, 0.1) is 21.8 Å². The SMILES string of the molecule is CC1=C(C(=O)Nc2ccccc2)[C@H](c2ccccc2)n2c(s/c(=C/c3ccc(N4CCC(C)CC4)o3)c2=O)=N1. The van der Waals surface area contributed by atoms with E-state index in [1.165, 1.54) is 11.3 Å². The third-order valence-electron chi connectivity index (χ3n) is 7.39. The fourth-order valence-corrected chi connectivity index (χ4v) is 6.26. The maximum absolute atomic E-state index is 13.9. The van der Waals surface area contributed by atoms with E-state index in [2.05, 4.69) is 17.1 Å². The Labute approximate surface area is 230 Å². The topological polar surface area (TPSA) is 79.8 Å². The van der Waals surface area contributed by atoms with Crippen LogP contribution in [0.1, 0.15) is 44.1 Å². The number of furan rings is 1. The number of rotatable bonds is 5. The normalized spacial score (nSPS) is 18.2. The molecule has 1 atom stereocenters. The van der Waals surface area contributed by atoms with Crippen LogP contribution in [0, 0.1) is 5.92 Å². The largest absolute Gasteiger partial charge is 0.441 e. The molecule has 7 nitrogen and oxygen atoms in total. The lowest BCUT2D eigenvalue weighted by molar-refractivity contribution is -0.113. The van der Waals surface area contributed by atoms with Crippen LogP contribution >= 0.6 is 11.3 Å². The fourth-order valence-electron chi connectivity index (χ4n) is 5.23. The molecule has 39 heavy (non-hydrogen) atoms. The van der Waals surface area contributed by atoms with Crippen LogP contribution in [0.2, 0.25) is 0 Å². The van der Waals surface area contributed by atoms with E-state index >= 15 is 0 Å². The molecule has 0 bridgehead atoms. The Morgan fingerprint density at radius 3 is 2.44 bits per heavy atom. The number of carbonyl (C=O) groups is 1. The van der Waals surface area contributed by atoms with Crippen LogP contribution in [0.3, 0.4) is 0 Å². The molecule has 1 fully saturated rings. The standard InChI is InChI=1S/C31H30N4O3S/c1-20-15-17-34(18-16-20)26-14-13-24(38-26)19-25-30(37)35-28(22-9-5-3-6-10-22)27(21(2)32-31(35)39-25)29(36)33-23-11-7-4-8-12-23/h3-14,19-20,28H,15-18H2,1-2H3,(H,33,36)/b25-19+/t28-/m0/s1. The molecule has 8 heteroatoms. The molecule has 1 N–H and O–H groups in total. The molecule has 0 radical (unpaired) electrons. The van der Waals surface area contributed by atoms with Gasteiger partial charge >= 0.3 is 0 Å². The molecule has 4 aromatic rings. The summed E-state index contributed by atoms with van der Waals surface area (Å²) >= 11 is 1.31. The van der Waals surface area contributed by atoms with Gasteiger partial charge in [0.2, 0.25) is 0 Å². The molecule has 2 aromatic carbocycles.